The van der Waals surface area contributed by atoms with E-state index in [9.17, 15) is 4.79 Å². The molecule has 0 amide bonds. The van der Waals surface area contributed by atoms with E-state index in [1.54, 1.807) is 6.92 Å². The van der Waals surface area contributed by atoms with Crippen molar-refractivity contribution in [3.05, 3.63) is 39.7 Å². The van der Waals surface area contributed by atoms with Crippen LogP contribution in [0.5, 0.6) is 0 Å². The number of aromatic nitrogens is 6. The number of aromatic amines is 1. The highest BCUT2D eigenvalue weighted by Crippen LogP contribution is 2.22. The second-order valence-electron chi connectivity index (χ2n) is 5.33. The van der Waals surface area contributed by atoms with Crippen molar-refractivity contribution in [2.45, 2.75) is 25.7 Å². The molecule has 0 aliphatic carbocycles. The lowest BCUT2D eigenvalue weighted by Gasteiger charge is -1.97. The lowest BCUT2D eigenvalue weighted by molar-refractivity contribution is 0.192. The first kappa shape index (κ1) is 13.1. The van der Waals surface area contributed by atoms with Crippen molar-refractivity contribution < 1.29 is 9.26 Å². The summed E-state index contributed by atoms with van der Waals surface area (Å²) in [5.41, 5.74) is 0.430. The van der Waals surface area contributed by atoms with Gasteiger partial charge >= 0.3 is 0 Å². The highest BCUT2D eigenvalue weighted by Gasteiger charge is 2.23. The van der Waals surface area contributed by atoms with Crippen LogP contribution in [-0.2, 0) is 11.2 Å². The number of hydrogen-bond donors (Lipinski definition) is 1. The smallest absolute Gasteiger partial charge is 0.274 e. The van der Waals surface area contributed by atoms with Crippen LogP contribution in [-0.4, -0.2) is 42.9 Å². The van der Waals surface area contributed by atoms with Gasteiger partial charge < -0.3 is 9.26 Å². The van der Waals surface area contributed by atoms with E-state index in [0.29, 0.717) is 42.0 Å². The number of fused-ring (bicyclic) bond motifs is 1. The third-order valence-electron chi connectivity index (χ3n) is 3.60. The van der Waals surface area contributed by atoms with E-state index in [2.05, 4.69) is 25.2 Å². The van der Waals surface area contributed by atoms with Gasteiger partial charge in [-0.3, -0.25) is 9.89 Å². The average molecular weight is 302 g/mol. The molecule has 4 heterocycles. The standard InChI is InChI=1S/C13H14N6O3/c1-7-4-11(20)19-13(14-7)15-9(17-19)5-10-16-12(18-22-10)8-2-3-21-6-8/h4,8H,2-3,5-6H2,1H3,(H,14,15,17)/t8-/m1/s1. The Kier molecular flexibility index (Phi) is 3.00. The van der Waals surface area contributed by atoms with Crippen LogP contribution in [0.4, 0.5) is 0 Å². The van der Waals surface area contributed by atoms with Crippen LogP contribution < -0.4 is 5.56 Å². The van der Waals surface area contributed by atoms with Crippen LogP contribution >= 0.6 is 0 Å². The van der Waals surface area contributed by atoms with E-state index < -0.39 is 0 Å². The number of H-pyrrole nitrogens is 1. The van der Waals surface area contributed by atoms with Gasteiger partial charge in [-0.1, -0.05) is 5.16 Å². The van der Waals surface area contributed by atoms with Crippen LogP contribution in [0.25, 0.3) is 5.78 Å². The molecule has 0 radical (unpaired) electrons. The van der Waals surface area contributed by atoms with Crippen LogP contribution in [0.3, 0.4) is 0 Å². The maximum absolute atomic E-state index is 11.8. The molecule has 0 bridgehead atoms. The van der Waals surface area contributed by atoms with Gasteiger partial charge in [-0.05, 0) is 13.3 Å². The monoisotopic (exact) mass is 302 g/mol. The lowest BCUT2D eigenvalue weighted by Crippen LogP contribution is -2.14. The summed E-state index contributed by atoms with van der Waals surface area (Å²) < 4.78 is 11.9. The van der Waals surface area contributed by atoms with E-state index >= 15 is 0 Å². The quantitative estimate of drug-likeness (QED) is 0.735. The largest absolute Gasteiger partial charge is 0.381 e. The van der Waals surface area contributed by atoms with E-state index in [4.69, 9.17) is 9.26 Å². The van der Waals surface area contributed by atoms with E-state index in [1.165, 1.54) is 10.6 Å². The molecule has 3 aromatic heterocycles. The maximum Gasteiger partial charge on any atom is 0.274 e. The van der Waals surface area contributed by atoms with Crippen molar-refractivity contribution in [2.24, 2.45) is 0 Å². The van der Waals surface area contributed by atoms with Crippen molar-refractivity contribution in [3.63, 3.8) is 0 Å². The summed E-state index contributed by atoms with van der Waals surface area (Å²) in [4.78, 5) is 24.7. The summed E-state index contributed by atoms with van der Waals surface area (Å²) in [5.74, 6) is 2.19. The molecule has 1 aliphatic rings. The second-order valence-corrected chi connectivity index (χ2v) is 5.33. The van der Waals surface area contributed by atoms with Crippen molar-refractivity contribution >= 4 is 5.78 Å². The predicted octanol–water partition coefficient (Wildman–Crippen LogP) is 0.204. The van der Waals surface area contributed by atoms with Crippen molar-refractivity contribution in [2.75, 3.05) is 13.2 Å². The molecule has 1 fully saturated rings. The number of hydrogen-bond acceptors (Lipinski definition) is 7. The molecule has 4 rings (SSSR count). The molecule has 1 aliphatic heterocycles. The fourth-order valence-electron chi connectivity index (χ4n) is 2.50. The molecule has 22 heavy (non-hydrogen) atoms. The van der Waals surface area contributed by atoms with Gasteiger partial charge in [-0.2, -0.15) is 14.5 Å². The second kappa shape index (κ2) is 5.02. The van der Waals surface area contributed by atoms with Crippen molar-refractivity contribution in [1.29, 1.82) is 0 Å². The first-order valence-corrected chi connectivity index (χ1v) is 7.04. The van der Waals surface area contributed by atoms with Gasteiger partial charge in [-0.15, -0.1) is 0 Å². The summed E-state index contributed by atoms with van der Waals surface area (Å²) in [6.45, 7) is 3.11. The Morgan fingerprint density at radius 2 is 2.32 bits per heavy atom. The SMILES string of the molecule is Cc1cc(=O)n2[nH]c(Cc3nc([C@@H]4CCOC4)no3)nc2n1. The molecule has 9 nitrogen and oxygen atoms in total. The normalized spacial score (nSPS) is 18.3. The van der Waals surface area contributed by atoms with Crippen LogP contribution in [0.1, 0.15) is 35.6 Å². The van der Waals surface area contributed by atoms with E-state index in [0.717, 1.165) is 13.0 Å². The molecule has 0 saturated carbocycles. The van der Waals surface area contributed by atoms with Gasteiger partial charge in [0.25, 0.3) is 11.3 Å². The van der Waals surface area contributed by atoms with Gasteiger partial charge in [0.15, 0.2) is 5.82 Å². The number of rotatable bonds is 3. The van der Waals surface area contributed by atoms with Crippen LogP contribution in [0, 0.1) is 6.92 Å². The molecule has 1 saturated heterocycles. The average Bonchev–Trinajstić information content (AvgIpc) is 3.17. The minimum absolute atomic E-state index is 0.195. The molecule has 0 unspecified atom stereocenters. The predicted molar refractivity (Wildman–Crippen MR) is 73.6 cm³/mol. The Balaban J connectivity index is 1.60. The summed E-state index contributed by atoms with van der Waals surface area (Å²) in [6, 6.07) is 1.44. The maximum atomic E-state index is 11.8. The number of ether oxygens (including phenoxy) is 1. The molecule has 1 N–H and O–H groups in total. The summed E-state index contributed by atoms with van der Waals surface area (Å²) in [6.07, 6.45) is 1.23. The van der Waals surface area contributed by atoms with Gasteiger partial charge in [0.1, 0.15) is 5.82 Å². The van der Waals surface area contributed by atoms with E-state index in [1.807, 2.05) is 0 Å². The van der Waals surface area contributed by atoms with Crippen molar-refractivity contribution in [3.8, 4) is 0 Å². The van der Waals surface area contributed by atoms with Crippen molar-refractivity contribution in [1.82, 2.24) is 29.7 Å². The third-order valence-corrected chi connectivity index (χ3v) is 3.60. The van der Waals surface area contributed by atoms with Gasteiger partial charge in [-0.25, -0.2) is 4.98 Å². The lowest BCUT2D eigenvalue weighted by atomic mass is 10.1. The summed E-state index contributed by atoms with van der Waals surface area (Å²) in [5, 5.41) is 6.88. The molecule has 1 atom stereocenters. The number of aryl methyl sites for hydroxylation is 1. The number of nitrogens with zero attached hydrogens (tertiary/aromatic N) is 5. The van der Waals surface area contributed by atoms with Crippen LogP contribution in [0.15, 0.2) is 15.4 Å². The highest BCUT2D eigenvalue weighted by molar-refractivity contribution is 5.28. The Morgan fingerprint density at radius 3 is 3.14 bits per heavy atom. The minimum atomic E-state index is -0.199. The Labute approximate surface area is 124 Å². The molecule has 114 valence electrons. The zero-order valence-corrected chi connectivity index (χ0v) is 11.9. The van der Waals surface area contributed by atoms with E-state index in [-0.39, 0.29) is 11.5 Å². The summed E-state index contributed by atoms with van der Waals surface area (Å²) in [7, 11) is 0. The van der Waals surface area contributed by atoms with Gasteiger partial charge in [0, 0.05) is 24.3 Å². The molecule has 0 aromatic carbocycles. The molecule has 9 heteroatoms. The highest BCUT2D eigenvalue weighted by atomic mass is 16.5. The third kappa shape index (κ3) is 2.29. The molecular formula is C13H14N6O3. The van der Waals surface area contributed by atoms with Gasteiger partial charge in [0.05, 0.1) is 13.0 Å². The molecule has 3 aromatic rings. The minimum Gasteiger partial charge on any atom is -0.381 e. The fourth-order valence-corrected chi connectivity index (χ4v) is 2.50. The Hall–Kier alpha value is -2.55. The zero-order valence-electron chi connectivity index (χ0n) is 11.9. The first-order valence-electron chi connectivity index (χ1n) is 7.04. The molecular weight excluding hydrogens is 288 g/mol. The topological polar surface area (TPSA) is 111 Å². The van der Waals surface area contributed by atoms with Gasteiger partial charge in [0.2, 0.25) is 5.89 Å². The number of nitrogens with one attached hydrogen (secondary N) is 1. The zero-order chi connectivity index (χ0) is 15.1. The fraction of sp³-hybridized carbons (Fsp3) is 0.462. The Bertz CT molecular complexity index is 873. The van der Waals surface area contributed by atoms with Crippen LogP contribution in [0.2, 0.25) is 0 Å². The first-order chi connectivity index (χ1) is 10.7. The summed E-state index contributed by atoms with van der Waals surface area (Å²) >= 11 is 0. The molecule has 0 spiro atoms. The Morgan fingerprint density at radius 1 is 1.41 bits per heavy atom.